The Morgan fingerprint density at radius 1 is 0.600 bits per heavy atom. The van der Waals surface area contributed by atoms with Crippen molar-refractivity contribution in [1.29, 1.82) is 0 Å². The Bertz CT molecular complexity index is 1120. The van der Waals surface area contributed by atoms with Crippen LogP contribution < -0.4 is 8.37 Å². The summed E-state index contributed by atoms with van der Waals surface area (Å²) in [5.41, 5.74) is 2.00. The van der Waals surface area contributed by atoms with Gasteiger partial charge in [0.25, 0.3) is 0 Å². The van der Waals surface area contributed by atoms with Gasteiger partial charge in [-0.05, 0) is 60.4 Å². The molecule has 0 N–H and O–H groups in total. The molecule has 0 aliphatic carbocycles. The van der Waals surface area contributed by atoms with Crippen molar-refractivity contribution in [3.8, 4) is 11.5 Å². The molecule has 0 amide bonds. The predicted octanol–water partition coefficient (Wildman–Crippen LogP) is 4.35. The van der Waals surface area contributed by atoms with Crippen LogP contribution in [0.15, 0.2) is 82.6 Å². The third kappa shape index (κ3) is 5.20. The van der Waals surface area contributed by atoms with Crippen molar-refractivity contribution in [2.45, 2.75) is 36.5 Å². The van der Waals surface area contributed by atoms with E-state index in [0.29, 0.717) is 0 Å². The first kappa shape index (κ1) is 21.9. The molecule has 8 heteroatoms. The first-order valence-corrected chi connectivity index (χ1v) is 12.2. The molecular formula is C22H22O6S2. The molecule has 0 fully saturated rings. The molecule has 3 aromatic rings. The van der Waals surface area contributed by atoms with Crippen molar-refractivity contribution in [1.82, 2.24) is 0 Å². The van der Waals surface area contributed by atoms with Crippen molar-refractivity contribution in [2.24, 2.45) is 0 Å². The van der Waals surface area contributed by atoms with Gasteiger partial charge in [-0.2, -0.15) is 16.8 Å². The highest BCUT2D eigenvalue weighted by molar-refractivity contribution is 7.87. The van der Waals surface area contributed by atoms with Gasteiger partial charge in [-0.15, -0.1) is 0 Å². The van der Waals surface area contributed by atoms with Crippen LogP contribution in [0, 0.1) is 0 Å². The lowest BCUT2D eigenvalue weighted by atomic mass is 10.2. The van der Waals surface area contributed by atoms with Crippen LogP contribution in [0.2, 0.25) is 0 Å². The number of benzene rings is 3. The van der Waals surface area contributed by atoms with Gasteiger partial charge >= 0.3 is 20.2 Å². The summed E-state index contributed by atoms with van der Waals surface area (Å²) in [6.45, 7) is 3.94. The first-order chi connectivity index (χ1) is 14.2. The Morgan fingerprint density at radius 3 is 1.30 bits per heavy atom. The molecule has 0 unspecified atom stereocenters. The summed E-state index contributed by atoms with van der Waals surface area (Å²) >= 11 is 0. The molecular weight excluding hydrogens is 424 g/mol. The molecule has 0 aliphatic heterocycles. The topological polar surface area (TPSA) is 86.7 Å². The van der Waals surface area contributed by atoms with Gasteiger partial charge in [0.2, 0.25) is 0 Å². The third-order valence-electron chi connectivity index (χ3n) is 4.46. The van der Waals surface area contributed by atoms with Gasteiger partial charge in [0.1, 0.15) is 21.3 Å². The maximum absolute atomic E-state index is 12.5. The van der Waals surface area contributed by atoms with E-state index in [1.54, 1.807) is 24.3 Å². The maximum Gasteiger partial charge on any atom is 0.339 e. The third-order valence-corrected chi connectivity index (χ3v) is 6.98. The van der Waals surface area contributed by atoms with Crippen LogP contribution in [0.4, 0.5) is 0 Å². The zero-order chi connectivity index (χ0) is 21.8. The molecule has 0 saturated carbocycles. The normalized spacial score (nSPS) is 11.8. The van der Waals surface area contributed by atoms with E-state index in [0.717, 1.165) is 24.0 Å². The van der Waals surface area contributed by atoms with Gasteiger partial charge < -0.3 is 8.37 Å². The van der Waals surface area contributed by atoms with Crippen LogP contribution >= 0.6 is 0 Å². The van der Waals surface area contributed by atoms with Crippen molar-refractivity contribution in [2.75, 3.05) is 0 Å². The highest BCUT2D eigenvalue weighted by atomic mass is 32.2. The lowest BCUT2D eigenvalue weighted by Crippen LogP contribution is -2.11. The summed E-state index contributed by atoms with van der Waals surface area (Å²) in [5, 5.41) is 0. The van der Waals surface area contributed by atoms with Gasteiger partial charge in [0.05, 0.1) is 0 Å². The molecule has 6 nitrogen and oxygen atoms in total. The van der Waals surface area contributed by atoms with Crippen LogP contribution in [-0.2, 0) is 33.1 Å². The highest BCUT2D eigenvalue weighted by Gasteiger charge is 2.19. The predicted molar refractivity (Wildman–Crippen MR) is 114 cm³/mol. The van der Waals surface area contributed by atoms with E-state index < -0.39 is 20.2 Å². The Labute approximate surface area is 177 Å². The SMILES string of the molecule is CCc1ccc(S(=O)(=O)Oc2cccc(OS(=O)(=O)c3ccc(CC)cc3)c2)cc1. The molecule has 0 aliphatic rings. The molecule has 158 valence electrons. The van der Waals surface area contributed by atoms with Crippen molar-refractivity contribution >= 4 is 20.2 Å². The molecule has 3 rings (SSSR count). The molecule has 0 atom stereocenters. The van der Waals surface area contributed by atoms with Crippen molar-refractivity contribution < 1.29 is 25.2 Å². The minimum absolute atomic E-state index is 0.00894. The minimum Gasteiger partial charge on any atom is -0.379 e. The van der Waals surface area contributed by atoms with E-state index in [2.05, 4.69) is 0 Å². The van der Waals surface area contributed by atoms with Gasteiger partial charge in [-0.25, -0.2) is 0 Å². The fourth-order valence-corrected chi connectivity index (χ4v) is 4.56. The van der Waals surface area contributed by atoms with Crippen LogP contribution in [0.3, 0.4) is 0 Å². The lowest BCUT2D eigenvalue weighted by molar-refractivity contribution is 0.476. The molecule has 0 saturated heterocycles. The average Bonchev–Trinajstić information content (AvgIpc) is 2.73. The fraction of sp³-hybridized carbons (Fsp3) is 0.182. The van der Waals surface area contributed by atoms with E-state index in [1.807, 2.05) is 13.8 Å². The Hall–Kier alpha value is -2.84. The van der Waals surface area contributed by atoms with Crippen LogP contribution in [0.5, 0.6) is 11.5 Å². The molecule has 30 heavy (non-hydrogen) atoms. The smallest absolute Gasteiger partial charge is 0.339 e. The van der Waals surface area contributed by atoms with Gasteiger partial charge in [-0.1, -0.05) is 44.2 Å². The summed E-state index contributed by atoms with van der Waals surface area (Å²) < 4.78 is 60.3. The maximum atomic E-state index is 12.5. The molecule has 3 aromatic carbocycles. The van der Waals surface area contributed by atoms with Crippen LogP contribution in [-0.4, -0.2) is 16.8 Å². The Morgan fingerprint density at radius 2 is 0.967 bits per heavy atom. The molecule has 0 spiro atoms. The van der Waals surface area contributed by atoms with Gasteiger partial charge in [0, 0.05) is 6.07 Å². The second-order valence-corrected chi connectivity index (χ2v) is 9.64. The molecule has 0 aromatic heterocycles. The summed E-state index contributed by atoms with van der Waals surface area (Å²) in [5.74, 6) is -0.104. The molecule has 0 radical (unpaired) electrons. The van der Waals surface area contributed by atoms with E-state index in [4.69, 9.17) is 8.37 Å². The summed E-state index contributed by atoms with van der Waals surface area (Å²) in [6, 6.07) is 18.2. The number of rotatable bonds is 8. The van der Waals surface area contributed by atoms with Crippen molar-refractivity contribution in [3.05, 3.63) is 83.9 Å². The monoisotopic (exact) mass is 446 g/mol. The van der Waals surface area contributed by atoms with Gasteiger partial charge in [0.15, 0.2) is 0 Å². The molecule has 0 heterocycles. The van der Waals surface area contributed by atoms with Crippen LogP contribution in [0.25, 0.3) is 0 Å². The zero-order valence-electron chi connectivity index (χ0n) is 16.6. The average molecular weight is 447 g/mol. The second kappa shape index (κ2) is 8.89. The number of hydrogen-bond donors (Lipinski definition) is 0. The number of hydrogen-bond acceptors (Lipinski definition) is 6. The Balaban J connectivity index is 1.79. The summed E-state index contributed by atoms with van der Waals surface area (Å²) in [4.78, 5) is 0.0179. The zero-order valence-corrected chi connectivity index (χ0v) is 18.2. The number of aryl methyl sites for hydroxylation is 2. The van der Waals surface area contributed by atoms with E-state index in [-0.39, 0.29) is 21.3 Å². The largest absolute Gasteiger partial charge is 0.379 e. The van der Waals surface area contributed by atoms with E-state index in [9.17, 15) is 16.8 Å². The quantitative estimate of drug-likeness (QED) is 0.478. The second-order valence-electron chi connectivity index (χ2n) is 6.54. The first-order valence-electron chi connectivity index (χ1n) is 9.40. The molecule has 0 bridgehead atoms. The van der Waals surface area contributed by atoms with E-state index in [1.165, 1.54) is 48.5 Å². The highest BCUT2D eigenvalue weighted by Crippen LogP contribution is 2.26. The van der Waals surface area contributed by atoms with Gasteiger partial charge in [-0.3, -0.25) is 0 Å². The summed E-state index contributed by atoms with van der Waals surface area (Å²) in [6.07, 6.45) is 1.58. The fourth-order valence-electron chi connectivity index (χ4n) is 2.71. The lowest BCUT2D eigenvalue weighted by Gasteiger charge is -2.10. The van der Waals surface area contributed by atoms with E-state index >= 15 is 0 Å². The van der Waals surface area contributed by atoms with Crippen molar-refractivity contribution in [3.63, 3.8) is 0 Å². The summed E-state index contributed by atoms with van der Waals surface area (Å²) in [7, 11) is -8.13. The Kier molecular flexibility index (Phi) is 6.48. The van der Waals surface area contributed by atoms with Crippen LogP contribution in [0.1, 0.15) is 25.0 Å². The minimum atomic E-state index is -4.06. The standard InChI is InChI=1S/C22H22O6S2/c1-3-17-8-12-21(13-9-17)29(23,24)27-19-6-5-7-20(16-19)28-30(25,26)22-14-10-18(4-2)11-15-22/h5-16H,3-4H2,1-2H3.